The number of aromatic amines is 1. The van der Waals surface area contributed by atoms with E-state index in [1.54, 1.807) is 0 Å². The van der Waals surface area contributed by atoms with E-state index in [2.05, 4.69) is 27.3 Å². The highest BCUT2D eigenvalue weighted by Gasteiger charge is 2.38. The van der Waals surface area contributed by atoms with Gasteiger partial charge in [0.15, 0.2) is 5.78 Å². The number of rotatable bonds is 4. The number of fused-ring (bicyclic) bond motifs is 6. The number of ketones is 1. The maximum Gasteiger partial charge on any atom is 0.237 e. The van der Waals surface area contributed by atoms with Gasteiger partial charge in [-0.15, -0.1) is 0 Å². The van der Waals surface area contributed by atoms with Crippen LogP contribution in [0, 0.1) is 0 Å². The van der Waals surface area contributed by atoms with E-state index in [0.29, 0.717) is 0 Å². The number of H-pyrrole nitrogens is 1. The predicted molar refractivity (Wildman–Crippen MR) is 157 cm³/mol. The Morgan fingerprint density at radius 2 is 1.43 bits per heavy atom. The SMILES string of the molecule is CN(C)C1=C(Nc2ccccc2)C(c2ccccc2)C(=O)c2ccc3c(ccc4nc5ccccc5[nH+]c43)c21.[Cl-]. The molecule has 1 heterocycles. The van der Waals surface area contributed by atoms with E-state index in [-0.39, 0.29) is 18.2 Å². The van der Waals surface area contributed by atoms with Crippen LogP contribution in [0.5, 0.6) is 0 Å². The third kappa shape index (κ3) is 4.07. The second kappa shape index (κ2) is 10.1. The minimum atomic E-state index is -0.452. The van der Waals surface area contributed by atoms with Gasteiger partial charge in [0.05, 0.1) is 22.7 Å². The number of nitrogens with zero attached hydrogens (tertiary/aromatic N) is 2. The van der Waals surface area contributed by atoms with Crippen LogP contribution in [-0.2, 0) is 0 Å². The van der Waals surface area contributed by atoms with Gasteiger partial charge in [-0.05, 0) is 47.3 Å². The van der Waals surface area contributed by atoms with Crippen molar-refractivity contribution in [2.45, 2.75) is 5.92 Å². The average Bonchev–Trinajstić information content (AvgIpc) is 2.97. The molecule has 0 amide bonds. The summed E-state index contributed by atoms with van der Waals surface area (Å²) in [6.07, 6.45) is 0. The van der Waals surface area contributed by atoms with Gasteiger partial charge in [-0.25, -0.2) is 9.97 Å². The van der Waals surface area contributed by atoms with Gasteiger partial charge in [-0.1, -0.05) is 66.7 Å². The summed E-state index contributed by atoms with van der Waals surface area (Å²) in [5.74, 6) is -0.366. The molecule has 1 unspecified atom stereocenters. The number of carbonyl (C=O) groups excluding carboxylic acids is 1. The van der Waals surface area contributed by atoms with Crippen LogP contribution in [0.4, 0.5) is 5.69 Å². The smallest absolute Gasteiger partial charge is 0.237 e. The van der Waals surface area contributed by atoms with Gasteiger partial charge in [0.1, 0.15) is 11.0 Å². The first kappa shape index (κ1) is 25.5. The molecule has 0 radical (unpaired) electrons. The summed E-state index contributed by atoms with van der Waals surface area (Å²) in [5.41, 5.74) is 9.21. The number of aromatic nitrogens is 2. The predicted octanol–water partition coefficient (Wildman–Crippen LogP) is 3.68. The number of nitrogens with one attached hydrogen (secondary N) is 2. The molecule has 6 aromatic rings. The molecule has 6 heteroatoms. The molecular formula is C34H27ClN4O. The van der Waals surface area contributed by atoms with Crippen LogP contribution < -0.4 is 22.7 Å². The molecule has 7 rings (SSSR count). The monoisotopic (exact) mass is 542 g/mol. The van der Waals surface area contributed by atoms with Gasteiger partial charge in [0, 0.05) is 37.0 Å². The topological polar surface area (TPSA) is 59.4 Å². The van der Waals surface area contributed by atoms with E-state index in [1.807, 2.05) is 111 Å². The first-order valence-corrected chi connectivity index (χ1v) is 13.1. The van der Waals surface area contributed by atoms with E-state index in [9.17, 15) is 4.79 Å². The van der Waals surface area contributed by atoms with Crippen LogP contribution in [-0.4, -0.2) is 29.8 Å². The number of para-hydroxylation sites is 3. The fourth-order valence-electron chi connectivity index (χ4n) is 5.81. The summed E-state index contributed by atoms with van der Waals surface area (Å²) in [4.78, 5) is 25.0. The molecule has 1 aliphatic rings. The van der Waals surface area contributed by atoms with Crippen molar-refractivity contribution in [1.29, 1.82) is 0 Å². The summed E-state index contributed by atoms with van der Waals surface area (Å²) in [6, 6.07) is 36.4. The van der Waals surface area contributed by atoms with Crippen LogP contribution in [0.3, 0.4) is 0 Å². The number of allylic oxidation sites excluding steroid dienone is 1. The van der Waals surface area contributed by atoms with Crippen molar-refractivity contribution >= 4 is 50.0 Å². The van der Waals surface area contributed by atoms with Crippen molar-refractivity contribution in [3.8, 4) is 0 Å². The lowest BCUT2D eigenvalue weighted by molar-refractivity contribution is -0.309. The molecule has 5 nitrogen and oxygen atoms in total. The van der Waals surface area contributed by atoms with Crippen molar-refractivity contribution < 1.29 is 22.2 Å². The first-order valence-electron chi connectivity index (χ1n) is 13.1. The lowest BCUT2D eigenvalue weighted by atomic mass is 9.77. The van der Waals surface area contributed by atoms with E-state index in [4.69, 9.17) is 4.98 Å². The second-order valence-corrected chi connectivity index (χ2v) is 10.2. The Morgan fingerprint density at radius 1 is 0.750 bits per heavy atom. The minimum absolute atomic E-state index is 0. The molecule has 1 atom stereocenters. The Labute approximate surface area is 238 Å². The zero-order valence-corrected chi connectivity index (χ0v) is 22.9. The summed E-state index contributed by atoms with van der Waals surface area (Å²) < 4.78 is 0. The lowest BCUT2D eigenvalue weighted by Crippen LogP contribution is -3.00. The average molecular weight is 543 g/mol. The Morgan fingerprint density at radius 3 is 2.17 bits per heavy atom. The Bertz CT molecular complexity index is 1930. The zero-order valence-electron chi connectivity index (χ0n) is 22.2. The van der Waals surface area contributed by atoms with E-state index >= 15 is 0 Å². The Kier molecular flexibility index (Phi) is 6.45. The molecule has 0 saturated heterocycles. The molecule has 1 aromatic heterocycles. The second-order valence-electron chi connectivity index (χ2n) is 10.2. The van der Waals surface area contributed by atoms with E-state index in [0.717, 1.165) is 66.6 Å². The van der Waals surface area contributed by atoms with Crippen molar-refractivity contribution in [2.75, 3.05) is 19.4 Å². The molecule has 2 N–H and O–H groups in total. The van der Waals surface area contributed by atoms with Crippen LogP contribution in [0.15, 0.2) is 115 Å². The summed E-state index contributed by atoms with van der Waals surface area (Å²) in [6.45, 7) is 0. The molecule has 0 saturated carbocycles. The third-order valence-corrected chi connectivity index (χ3v) is 7.52. The molecule has 1 aliphatic carbocycles. The first-order chi connectivity index (χ1) is 19.1. The molecule has 5 aromatic carbocycles. The maximum atomic E-state index is 14.4. The zero-order chi connectivity index (χ0) is 26.5. The molecule has 0 aliphatic heterocycles. The molecule has 40 heavy (non-hydrogen) atoms. The Balaban J connectivity index is 0.00000289. The highest BCUT2D eigenvalue weighted by Crippen LogP contribution is 2.44. The van der Waals surface area contributed by atoms with Gasteiger partial charge in [0.2, 0.25) is 11.0 Å². The number of hydrogen-bond donors (Lipinski definition) is 1. The van der Waals surface area contributed by atoms with Crippen molar-refractivity contribution in [1.82, 2.24) is 9.88 Å². The van der Waals surface area contributed by atoms with Crippen LogP contribution in [0.1, 0.15) is 27.4 Å². The van der Waals surface area contributed by atoms with Gasteiger partial charge in [-0.2, -0.15) is 0 Å². The third-order valence-electron chi connectivity index (χ3n) is 7.52. The van der Waals surface area contributed by atoms with Gasteiger partial charge < -0.3 is 22.6 Å². The maximum absolute atomic E-state index is 14.4. The van der Waals surface area contributed by atoms with Gasteiger partial charge in [-0.3, -0.25) is 4.79 Å². The van der Waals surface area contributed by atoms with Crippen molar-refractivity contribution in [3.05, 3.63) is 132 Å². The molecule has 196 valence electrons. The number of Topliss-reactive ketones (excluding diaryl/α,β-unsaturated/α-hetero) is 1. The largest absolute Gasteiger partial charge is 1.00 e. The molecule has 0 spiro atoms. The summed E-state index contributed by atoms with van der Waals surface area (Å²) in [7, 11) is 4.09. The number of hydrogen-bond acceptors (Lipinski definition) is 4. The normalized spacial score (nSPS) is 14.8. The van der Waals surface area contributed by atoms with Crippen LogP contribution >= 0.6 is 0 Å². The van der Waals surface area contributed by atoms with Gasteiger partial charge >= 0.3 is 0 Å². The fraction of sp³-hybridized carbons (Fsp3) is 0.0882. The van der Waals surface area contributed by atoms with E-state index < -0.39 is 5.92 Å². The standard InChI is InChI=1S/C34H26N4O.ClH/c1-38(2)33-30-23-19-20-28-31(37-27-16-10-9-15-26(27)36-28)24(23)17-18-25(30)34(39)29(21-11-5-3-6-12-21)32(33)35-22-13-7-4-8-14-22;/h3-20,29,35H,1-2H3;1H. The molecule has 0 fully saturated rings. The quantitative estimate of drug-likeness (QED) is 0.273. The number of anilines is 1. The molecule has 0 bridgehead atoms. The summed E-state index contributed by atoms with van der Waals surface area (Å²) >= 11 is 0. The van der Waals surface area contributed by atoms with Crippen molar-refractivity contribution in [2.24, 2.45) is 0 Å². The highest BCUT2D eigenvalue weighted by atomic mass is 35.5. The minimum Gasteiger partial charge on any atom is -1.00 e. The number of benzene rings is 5. The van der Waals surface area contributed by atoms with Gasteiger partial charge in [0.25, 0.3) is 0 Å². The van der Waals surface area contributed by atoms with Crippen molar-refractivity contribution in [3.63, 3.8) is 0 Å². The number of carbonyl (C=O) groups is 1. The summed E-state index contributed by atoms with van der Waals surface area (Å²) in [5, 5.41) is 5.71. The van der Waals surface area contributed by atoms with Crippen LogP contribution in [0.25, 0.3) is 38.5 Å². The molecular weight excluding hydrogens is 516 g/mol. The lowest BCUT2D eigenvalue weighted by Gasteiger charge is -2.34. The van der Waals surface area contributed by atoms with Crippen LogP contribution in [0.2, 0.25) is 0 Å². The fourth-order valence-corrected chi connectivity index (χ4v) is 5.81. The highest BCUT2D eigenvalue weighted by molar-refractivity contribution is 6.18. The van der Waals surface area contributed by atoms with E-state index in [1.165, 1.54) is 0 Å². The Hall–Kier alpha value is -4.74. The number of halogens is 1.